The summed E-state index contributed by atoms with van der Waals surface area (Å²) >= 11 is 0. The van der Waals surface area contributed by atoms with Crippen molar-refractivity contribution in [3.8, 4) is 0 Å². The van der Waals surface area contributed by atoms with Crippen LogP contribution in [0, 0.1) is 5.92 Å². The fourth-order valence-corrected chi connectivity index (χ4v) is 2.47. The minimum Gasteiger partial charge on any atom is -0.379 e. The van der Waals surface area contributed by atoms with E-state index in [1.165, 1.54) is 0 Å². The van der Waals surface area contributed by atoms with Crippen LogP contribution < -0.4 is 11.1 Å². The van der Waals surface area contributed by atoms with E-state index < -0.39 is 0 Å². The van der Waals surface area contributed by atoms with E-state index in [9.17, 15) is 4.79 Å². The molecule has 0 spiro atoms. The predicted octanol–water partition coefficient (Wildman–Crippen LogP) is 1.63. The second kappa shape index (κ2) is 8.88. The summed E-state index contributed by atoms with van der Waals surface area (Å²) in [6.07, 6.45) is 1.99. The summed E-state index contributed by atoms with van der Waals surface area (Å²) in [5.41, 5.74) is 7.13. The molecule has 122 valence electrons. The van der Waals surface area contributed by atoms with Crippen molar-refractivity contribution in [2.75, 3.05) is 26.4 Å². The maximum absolute atomic E-state index is 12.1. The minimum absolute atomic E-state index is 0.0134. The molecule has 3 unspecified atom stereocenters. The van der Waals surface area contributed by atoms with Crippen molar-refractivity contribution in [1.82, 2.24) is 5.32 Å². The number of carbonyl (C=O) groups is 1. The Morgan fingerprint density at radius 2 is 2.23 bits per heavy atom. The Morgan fingerprint density at radius 3 is 2.91 bits per heavy atom. The van der Waals surface area contributed by atoms with Crippen LogP contribution >= 0.6 is 0 Å². The van der Waals surface area contributed by atoms with E-state index in [1.807, 2.05) is 37.3 Å². The molecule has 3 atom stereocenters. The monoisotopic (exact) mass is 306 g/mol. The van der Waals surface area contributed by atoms with Crippen molar-refractivity contribution in [1.29, 1.82) is 0 Å². The largest absolute Gasteiger partial charge is 0.379 e. The standard InChI is InChI=1S/C17H26N2O3/c1-13(16(18)14-6-3-2-4-7-14)17(20)19-9-5-10-22-15-8-11-21-12-15/h2-4,6-7,13,15-16H,5,8-12,18H2,1H3,(H,19,20). The van der Waals surface area contributed by atoms with Crippen molar-refractivity contribution in [3.05, 3.63) is 35.9 Å². The van der Waals surface area contributed by atoms with Gasteiger partial charge in [0.05, 0.1) is 18.6 Å². The third kappa shape index (κ3) is 5.09. The molecule has 1 saturated heterocycles. The lowest BCUT2D eigenvalue weighted by Gasteiger charge is -2.20. The zero-order valence-corrected chi connectivity index (χ0v) is 13.2. The van der Waals surface area contributed by atoms with Gasteiger partial charge in [-0.05, 0) is 18.4 Å². The van der Waals surface area contributed by atoms with Gasteiger partial charge in [-0.15, -0.1) is 0 Å². The van der Waals surface area contributed by atoms with E-state index in [0.717, 1.165) is 25.0 Å². The lowest BCUT2D eigenvalue weighted by molar-refractivity contribution is -0.125. The molecule has 5 nitrogen and oxygen atoms in total. The molecule has 1 amide bonds. The van der Waals surface area contributed by atoms with Crippen LogP contribution in [0.1, 0.15) is 31.4 Å². The van der Waals surface area contributed by atoms with Crippen LogP contribution in [0.4, 0.5) is 0 Å². The summed E-state index contributed by atoms with van der Waals surface area (Å²) in [5.74, 6) is -0.271. The summed E-state index contributed by atoms with van der Waals surface area (Å²) in [5, 5.41) is 2.93. The van der Waals surface area contributed by atoms with Gasteiger partial charge in [0, 0.05) is 25.8 Å². The fourth-order valence-electron chi connectivity index (χ4n) is 2.47. The Labute approximate surface area is 132 Å². The molecule has 1 aliphatic heterocycles. The molecule has 3 N–H and O–H groups in total. The molecule has 0 bridgehead atoms. The number of nitrogens with one attached hydrogen (secondary N) is 1. The Kier molecular flexibility index (Phi) is 6.83. The number of nitrogens with two attached hydrogens (primary N) is 1. The molecule has 1 aromatic carbocycles. The van der Waals surface area contributed by atoms with E-state index in [4.69, 9.17) is 15.2 Å². The zero-order chi connectivity index (χ0) is 15.8. The lowest BCUT2D eigenvalue weighted by atomic mass is 9.95. The SMILES string of the molecule is CC(C(=O)NCCCOC1CCOC1)C(N)c1ccccc1. The maximum Gasteiger partial charge on any atom is 0.224 e. The van der Waals surface area contributed by atoms with Gasteiger partial charge in [0.2, 0.25) is 5.91 Å². The highest BCUT2D eigenvalue weighted by Gasteiger charge is 2.21. The topological polar surface area (TPSA) is 73.6 Å². The van der Waals surface area contributed by atoms with Crippen molar-refractivity contribution < 1.29 is 14.3 Å². The highest BCUT2D eigenvalue weighted by atomic mass is 16.5. The summed E-state index contributed by atoms with van der Waals surface area (Å²) in [4.78, 5) is 12.1. The number of rotatable bonds is 8. The number of benzene rings is 1. The average molecular weight is 306 g/mol. The smallest absolute Gasteiger partial charge is 0.224 e. The first-order chi connectivity index (χ1) is 10.7. The number of carbonyl (C=O) groups excluding carboxylic acids is 1. The third-order valence-corrected chi connectivity index (χ3v) is 4.00. The predicted molar refractivity (Wildman–Crippen MR) is 85.3 cm³/mol. The molecule has 0 saturated carbocycles. The van der Waals surface area contributed by atoms with Crippen LogP contribution in [0.15, 0.2) is 30.3 Å². The van der Waals surface area contributed by atoms with Gasteiger partial charge < -0.3 is 20.5 Å². The number of hydrogen-bond acceptors (Lipinski definition) is 4. The van der Waals surface area contributed by atoms with Crippen molar-refractivity contribution in [2.45, 2.75) is 31.9 Å². The number of amides is 1. The fraction of sp³-hybridized carbons (Fsp3) is 0.588. The molecule has 1 aliphatic rings. The Hall–Kier alpha value is -1.43. The zero-order valence-electron chi connectivity index (χ0n) is 13.2. The summed E-state index contributed by atoms with van der Waals surface area (Å²) in [6, 6.07) is 9.43. The molecule has 5 heteroatoms. The molecular formula is C17H26N2O3. The van der Waals surface area contributed by atoms with Crippen LogP contribution in [0.5, 0.6) is 0 Å². The van der Waals surface area contributed by atoms with E-state index in [-0.39, 0.29) is 24.0 Å². The Balaban J connectivity index is 1.63. The van der Waals surface area contributed by atoms with Gasteiger partial charge >= 0.3 is 0 Å². The van der Waals surface area contributed by atoms with Crippen LogP contribution in [0.25, 0.3) is 0 Å². The van der Waals surface area contributed by atoms with E-state index in [2.05, 4.69) is 5.32 Å². The van der Waals surface area contributed by atoms with Gasteiger partial charge in [-0.2, -0.15) is 0 Å². The molecule has 2 rings (SSSR count). The second-order valence-electron chi connectivity index (χ2n) is 5.73. The molecule has 0 radical (unpaired) electrons. The second-order valence-corrected chi connectivity index (χ2v) is 5.73. The van der Waals surface area contributed by atoms with Crippen molar-refractivity contribution in [3.63, 3.8) is 0 Å². The molecule has 1 aromatic rings. The van der Waals surface area contributed by atoms with E-state index >= 15 is 0 Å². The molecule has 22 heavy (non-hydrogen) atoms. The van der Waals surface area contributed by atoms with Gasteiger partial charge in [-0.1, -0.05) is 37.3 Å². The quantitative estimate of drug-likeness (QED) is 0.716. The van der Waals surface area contributed by atoms with Crippen LogP contribution in [-0.2, 0) is 14.3 Å². The Morgan fingerprint density at radius 1 is 1.45 bits per heavy atom. The first kappa shape index (κ1) is 16.9. The average Bonchev–Trinajstić information content (AvgIpc) is 3.07. The third-order valence-electron chi connectivity index (χ3n) is 4.00. The number of hydrogen-bond donors (Lipinski definition) is 2. The van der Waals surface area contributed by atoms with Crippen LogP contribution in [0.2, 0.25) is 0 Å². The van der Waals surface area contributed by atoms with Gasteiger partial charge in [0.15, 0.2) is 0 Å². The minimum atomic E-state index is -0.284. The van der Waals surface area contributed by atoms with E-state index in [1.54, 1.807) is 0 Å². The van der Waals surface area contributed by atoms with Gasteiger partial charge in [-0.3, -0.25) is 4.79 Å². The molecule has 1 heterocycles. The highest BCUT2D eigenvalue weighted by Crippen LogP contribution is 2.18. The van der Waals surface area contributed by atoms with E-state index in [0.29, 0.717) is 19.8 Å². The molecule has 0 aliphatic carbocycles. The summed E-state index contributed by atoms with van der Waals surface area (Å²) in [7, 11) is 0. The maximum atomic E-state index is 12.1. The lowest BCUT2D eigenvalue weighted by Crippen LogP contribution is -2.36. The van der Waals surface area contributed by atoms with Gasteiger partial charge in [-0.25, -0.2) is 0 Å². The molecular weight excluding hydrogens is 280 g/mol. The van der Waals surface area contributed by atoms with Gasteiger partial charge in [0.1, 0.15) is 0 Å². The highest BCUT2D eigenvalue weighted by molar-refractivity contribution is 5.79. The normalized spacial score (nSPS) is 20.5. The molecule has 1 fully saturated rings. The number of ether oxygens (including phenoxy) is 2. The van der Waals surface area contributed by atoms with Crippen molar-refractivity contribution >= 4 is 5.91 Å². The molecule has 0 aromatic heterocycles. The van der Waals surface area contributed by atoms with Crippen LogP contribution in [-0.4, -0.2) is 38.4 Å². The first-order valence-electron chi connectivity index (χ1n) is 7.96. The van der Waals surface area contributed by atoms with Crippen molar-refractivity contribution in [2.24, 2.45) is 11.7 Å². The van der Waals surface area contributed by atoms with Gasteiger partial charge in [0.25, 0.3) is 0 Å². The summed E-state index contributed by atoms with van der Waals surface area (Å²) in [6.45, 7) is 4.59. The first-order valence-corrected chi connectivity index (χ1v) is 7.96. The Bertz CT molecular complexity index is 446. The van der Waals surface area contributed by atoms with Crippen LogP contribution in [0.3, 0.4) is 0 Å². The summed E-state index contributed by atoms with van der Waals surface area (Å²) < 4.78 is 10.9.